The Labute approximate surface area is 165 Å². The maximum Gasteiger partial charge on any atom is 0.234 e. The van der Waals surface area contributed by atoms with Crippen LogP contribution < -0.4 is 14.8 Å². The Morgan fingerprint density at radius 1 is 1.22 bits per heavy atom. The van der Waals surface area contributed by atoms with Crippen LogP contribution in [0.5, 0.6) is 11.5 Å². The molecule has 6 heteroatoms. The van der Waals surface area contributed by atoms with Gasteiger partial charge in [0.05, 0.1) is 20.8 Å². The van der Waals surface area contributed by atoms with E-state index in [1.54, 1.807) is 14.2 Å². The predicted octanol–water partition coefficient (Wildman–Crippen LogP) is 3.81. The monoisotopic (exact) mass is 388 g/mol. The maximum atomic E-state index is 12.5. The van der Waals surface area contributed by atoms with Crippen LogP contribution in [0.3, 0.4) is 0 Å². The molecule has 1 saturated heterocycles. The van der Waals surface area contributed by atoms with Crippen LogP contribution in [-0.2, 0) is 11.3 Å². The Kier molecular flexibility index (Phi) is 6.58. The quantitative estimate of drug-likeness (QED) is 0.783. The van der Waals surface area contributed by atoms with E-state index in [2.05, 4.69) is 10.2 Å². The first kappa shape index (κ1) is 19.5. The van der Waals surface area contributed by atoms with E-state index in [1.165, 1.54) is 0 Å². The van der Waals surface area contributed by atoms with Gasteiger partial charge in [0.25, 0.3) is 0 Å². The molecule has 0 saturated carbocycles. The number of benzene rings is 2. The summed E-state index contributed by atoms with van der Waals surface area (Å²) < 4.78 is 10.8. The first-order valence-corrected chi connectivity index (χ1v) is 9.45. The van der Waals surface area contributed by atoms with Crippen LogP contribution in [0.25, 0.3) is 0 Å². The lowest BCUT2D eigenvalue weighted by Crippen LogP contribution is -2.36. The third kappa shape index (κ3) is 4.93. The van der Waals surface area contributed by atoms with Crippen molar-refractivity contribution >= 4 is 17.5 Å². The average molecular weight is 389 g/mol. The van der Waals surface area contributed by atoms with Crippen LogP contribution in [0.1, 0.15) is 30.0 Å². The van der Waals surface area contributed by atoms with Crippen LogP contribution in [0.4, 0.5) is 0 Å². The van der Waals surface area contributed by atoms with Gasteiger partial charge in [-0.3, -0.25) is 9.69 Å². The molecule has 1 aliphatic heterocycles. The number of nitrogens with one attached hydrogen (secondary N) is 1. The van der Waals surface area contributed by atoms with Crippen molar-refractivity contribution in [2.45, 2.75) is 25.4 Å². The molecular formula is C21H25ClN2O3. The normalized spacial score (nSPS) is 16.9. The van der Waals surface area contributed by atoms with Gasteiger partial charge < -0.3 is 14.8 Å². The molecule has 0 aromatic heterocycles. The summed E-state index contributed by atoms with van der Waals surface area (Å²) in [7, 11) is 3.30. The van der Waals surface area contributed by atoms with Crippen molar-refractivity contribution in [3.63, 3.8) is 0 Å². The van der Waals surface area contributed by atoms with Gasteiger partial charge in [0.2, 0.25) is 5.91 Å². The number of methoxy groups -OCH3 is 2. The van der Waals surface area contributed by atoms with Gasteiger partial charge in [0, 0.05) is 29.2 Å². The summed E-state index contributed by atoms with van der Waals surface area (Å²) in [6, 6.07) is 13.6. The van der Waals surface area contributed by atoms with Gasteiger partial charge in [-0.15, -0.1) is 0 Å². The van der Waals surface area contributed by atoms with Crippen LogP contribution in [0, 0.1) is 0 Å². The Morgan fingerprint density at radius 3 is 2.81 bits per heavy atom. The first-order chi connectivity index (χ1) is 13.1. The Morgan fingerprint density at radius 2 is 2.07 bits per heavy atom. The average Bonchev–Trinajstić information content (AvgIpc) is 3.13. The smallest absolute Gasteiger partial charge is 0.234 e. The van der Waals surface area contributed by atoms with Gasteiger partial charge in [0.1, 0.15) is 11.5 Å². The fourth-order valence-corrected chi connectivity index (χ4v) is 3.76. The Bertz CT molecular complexity index is 797. The fourth-order valence-electron chi connectivity index (χ4n) is 3.55. The third-order valence-electron chi connectivity index (χ3n) is 4.89. The molecule has 0 aliphatic carbocycles. The lowest BCUT2D eigenvalue weighted by atomic mass is 10.0. The molecule has 27 heavy (non-hydrogen) atoms. The molecule has 1 N–H and O–H groups in total. The molecule has 1 aliphatic rings. The first-order valence-electron chi connectivity index (χ1n) is 9.08. The van der Waals surface area contributed by atoms with E-state index < -0.39 is 0 Å². The van der Waals surface area contributed by atoms with E-state index in [0.717, 1.165) is 42.0 Å². The number of hydrogen-bond acceptors (Lipinski definition) is 4. The molecule has 3 rings (SSSR count). The topological polar surface area (TPSA) is 50.8 Å². The van der Waals surface area contributed by atoms with E-state index in [0.29, 0.717) is 18.1 Å². The largest absolute Gasteiger partial charge is 0.497 e. The van der Waals surface area contributed by atoms with Crippen LogP contribution in [-0.4, -0.2) is 38.1 Å². The molecule has 2 aromatic rings. The molecule has 1 fully saturated rings. The van der Waals surface area contributed by atoms with E-state index in [9.17, 15) is 4.79 Å². The highest BCUT2D eigenvalue weighted by Crippen LogP contribution is 2.38. The van der Waals surface area contributed by atoms with Crippen LogP contribution in [0.2, 0.25) is 5.02 Å². The van der Waals surface area contributed by atoms with E-state index in [-0.39, 0.29) is 11.9 Å². The van der Waals surface area contributed by atoms with Gasteiger partial charge in [0.15, 0.2) is 0 Å². The second-order valence-corrected chi connectivity index (χ2v) is 7.08. The van der Waals surface area contributed by atoms with Gasteiger partial charge in [-0.25, -0.2) is 0 Å². The van der Waals surface area contributed by atoms with Crippen LogP contribution >= 0.6 is 11.6 Å². The highest BCUT2D eigenvalue weighted by molar-refractivity contribution is 6.30. The predicted molar refractivity (Wildman–Crippen MR) is 106 cm³/mol. The summed E-state index contributed by atoms with van der Waals surface area (Å²) in [5.41, 5.74) is 2.09. The zero-order valence-corrected chi connectivity index (χ0v) is 16.5. The number of carbonyl (C=O) groups is 1. The molecule has 1 amide bonds. The van der Waals surface area contributed by atoms with Crippen molar-refractivity contribution < 1.29 is 14.3 Å². The minimum absolute atomic E-state index is 0.00866. The van der Waals surface area contributed by atoms with Crippen molar-refractivity contribution in [1.82, 2.24) is 10.2 Å². The molecule has 144 valence electrons. The van der Waals surface area contributed by atoms with Crippen molar-refractivity contribution in [1.29, 1.82) is 0 Å². The van der Waals surface area contributed by atoms with E-state index in [1.807, 2.05) is 42.5 Å². The summed E-state index contributed by atoms with van der Waals surface area (Å²) in [6.45, 7) is 1.73. The Balaban J connectivity index is 1.63. The van der Waals surface area contributed by atoms with Gasteiger partial charge in [-0.2, -0.15) is 0 Å². The summed E-state index contributed by atoms with van der Waals surface area (Å²) in [5.74, 6) is 1.57. The molecule has 2 aromatic carbocycles. The molecule has 0 bridgehead atoms. The summed E-state index contributed by atoms with van der Waals surface area (Å²) in [4.78, 5) is 14.7. The number of halogens is 1. The number of amides is 1. The van der Waals surface area contributed by atoms with Crippen molar-refractivity contribution in [3.05, 3.63) is 58.6 Å². The zero-order valence-electron chi connectivity index (χ0n) is 15.7. The molecule has 0 radical (unpaired) electrons. The molecule has 1 atom stereocenters. The second-order valence-electron chi connectivity index (χ2n) is 6.64. The fraction of sp³-hybridized carbons (Fsp3) is 0.381. The van der Waals surface area contributed by atoms with Gasteiger partial charge in [-0.1, -0.05) is 29.8 Å². The summed E-state index contributed by atoms with van der Waals surface area (Å²) in [5, 5.41) is 3.66. The number of nitrogens with zero attached hydrogens (tertiary/aromatic N) is 1. The molecular weight excluding hydrogens is 364 g/mol. The standard InChI is InChI=1S/C21H25ClN2O3/c1-26-17-8-9-18(20(12-17)27-2)19-7-4-10-24(19)14-21(25)23-13-15-5-3-6-16(22)11-15/h3,5-6,8-9,11-12,19H,4,7,10,13-14H2,1-2H3,(H,23,25). The highest BCUT2D eigenvalue weighted by Gasteiger charge is 2.29. The third-order valence-corrected chi connectivity index (χ3v) is 5.12. The number of ether oxygens (including phenoxy) is 2. The lowest BCUT2D eigenvalue weighted by Gasteiger charge is -2.26. The molecule has 1 heterocycles. The maximum absolute atomic E-state index is 12.5. The number of hydrogen-bond donors (Lipinski definition) is 1. The van der Waals surface area contributed by atoms with Crippen molar-refractivity contribution in [2.75, 3.05) is 27.3 Å². The zero-order chi connectivity index (χ0) is 19.2. The SMILES string of the molecule is COc1ccc(C2CCCN2CC(=O)NCc2cccc(Cl)c2)c(OC)c1. The van der Waals surface area contributed by atoms with E-state index >= 15 is 0 Å². The molecule has 5 nitrogen and oxygen atoms in total. The number of rotatable bonds is 7. The van der Waals surface area contributed by atoms with Gasteiger partial charge >= 0.3 is 0 Å². The second kappa shape index (κ2) is 9.11. The summed E-state index contributed by atoms with van der Waals surface area (Å²) in [6.07, 6.45) is 2.06. The minimum atomic E-state index is 0.00866. The number of likely N-dealkylation sites (tertiary alicyclic amines) is 1. The van der Waals surface area contributed by atoms with Crippen molar-refractivity contribution in [2.24, 2.45) is 0 Å². The van der Waals surface area contributed by atoms with Gasteiger partial charge in [-0.05, 0) is 43.1 Å². The van der Waals surface area contributed by atoms with E-state index in [4.69, 9.17) is 21.1 Å². The highest BCUT2D eigenvalue weighted by atomic mass is 35.5. The number of carbonyl (C=O) groups excluding carboxylic acids is 1. The van der Waals surface area contributed by atoms with Crippen molar-refractivity contribution in [3.8, 4) is 11.5 Å². The lowest BCUT2D eigenvalue weighted by molar-refractivity contribution is -0.122. The molecule has 0 spiro atoms. The Hall–Kier alpha value is -2.24. The minimum Gasteiger partial charge on any atom is -0.497 e. The molecule has 1 unspecified atom stereocenters. The summed E-state index contributed by atoms with van der Waals surface area (Å²) >= 11 is 5.99. The van der Waals surface area contributed by atoms with Crippen LogP contribution in [0.15, 0.2) is 42.5 Å².